The Bertz CT molecular complexity index is 599. The van der Waals surface area contributed by atoms with Crippen molar-refractivity contribution < 1.29 is 4.74 Å². The summed E-state index contributed by atoms with van der Waals surface area (Å²) in [5, 5.41) is 1.01. The first-order chi connectivity index (χ1) is 9.49. The standard InChI is InChI=1S/C16H17Cl2NO/c1-10(2)20-12-6-3-5-11(9-12)16(19)13-7-4-8-14(17)15(13)18/h3-10,16H,19H2,1-2H3. The molecule has 0 heterocycles. The highest BCUT2D eigenvalue weighted by Gasteiger charge is 2.15. The van der Waals surface area contributed by atoms with Crippen molar-refractivity contribution in [2.24, 2.45) is 5.73 Å². The summed E-state index contributed by atoms with van der Waals surface area (Å²) < 4.78 is 5.68. The average Bonchev–Trinajstić information content (AvgIpc) is 2.41. The van der Waals surface area contributed by atoms with Gasteiger partial charge in [0.2, 0.25) is 0 Å². The van der Waals surface area contributed by atoms with Crippen LogP contribution >= 0.6 is 23.2 Å². The maximum absolute atomic E-state index is 6.29. The van der Waals surface area contributed by atoms with Crippen molar-refractivity contribution >= 4 is 23.2 Å². The number of halogens is 2. The molecule has 2 rings (SSSR count). The summed E-state index contributed by atoms with van der Waals surface area (Å²) >= 11 is 12.3. The molecule has 0 amide bonds. The van der Waals surface area contributed by atoms with Crippen LogP contribution in [0.25, 0.3) is 0 Å². The zero-order valence-corrected chi connectivity index (χ0v) is 12.9. The van der Waals surface area contributed by atoms with Gasteiger partial charge in [-0.3, -0.25) is 0 Å². The second-order valence-corrected chi connectivity index (χ2v) is 5.64. The van der Waals surface area contributed by atoms with Crippen LogP contribution in [0.3, 0.4) is 0 Å². The van der Waals surface area contributed by atoms with E-state index < -0.39 is 0 Å². The molecule has 0 saturated heterocycles. The van der Waals surface area contributed by atoms with E-state index in [1.54, 1.807) is 6.07 Å². The fourth-order valence-electron chi connectivity index (χ4n) is 1.99. The molecule has 2 aromatic carbocycles. The van der Waals surface area contributed by atoms with Gasteiger partial charge >= 0.3 is 0 Å². The van der Waals surface area contributed by atoms with E-state index in [1.807, 2.05) is 50.2 Å². The van der Waals surface area contributed by atoms with E-state index in [-0.39, 0.29) is 12.1 Å². The Labute approximate surface area is 129 Å². The van der Waals surface area contributed by atoms with Gasteiger partial charge in [-0.05, 0) is 43.2 Å². The quantitative estimate of drug-likeness (QED) is 0.878. The van der Waals surface area contributed by atoms with Crippen LogP contribution < -0.4 is 10.5 Å². The van der Waals surface area contributed by atoms with Gasteiger partial charge in [-0.1, -0.05) is 47.5 Å². The van der Waals surface area contributed by atoms with Crippen molar-refractivity contribution in [1.82, 2.24) is 0 Å². The van der Waals surface area contributed by atoms with E-state index in [9.17, 15) is 0 Å². The topological polar surface area (TPSA) is 35.2 Å². The summed E-state index contributed by atoms with van der Waals surface area (Å²) in [6.45, 7) is 3.97. The van der Waals surface area contributed by atoms with Crippen molar-refractivity contribution in [3.05, 3.63) is 63.6 Å². The molecule has 2 aromatic rings. The minimum Gasteiger partial charge on any atom is -0.491 e. The fraction of sp³-hybridized carbons (Fsp3) is 0.250. The van der Waals surface area contributed by atoms with Crippen LogP contribution in [0.2, 0.25) is 10.0 Å². The second-order valence-electron chi connectivity index (χ2n) is 4.86. The van der Waals surface area contributed by atoms with Crippen LogP contribution in [0.1, 0.15) is 31.0 Å². The predicted octanol–water partition coefficient (Wildman–Crippen LogP) is 4.83. The van der Waals surface area contributed by atoms with Gasteiger partial charge in [0.05, 0.1) is 22.2 Å². The van der Waals surface area contributed by atoms with Gasteiger partial charge in [-0.15, -0.1) is 0 Å². The molecular weight excluding hydrogens is 293 g/mol. The predicted molar refractivity (Wildman–Crippen MR) is 84.7 cm³/mol. The summed E-state index contributed by atoms with van der Waals surface area (Å²) in [6, 6.07) is 12.9. The largest absolute Gasteiger partial charge is 0.491 e. The van der Waals surface area contributed by atoms with Gasteiger partial charge in [0, 0.05) is 0 Å². The molecule has 0 fully saturated rings. The SMILES string of the molecule is CC(C)Oc1cccc(C(N)c2cccc(Cl)c2Cl)c1. The molecule has 20 heavy (non-hydrogen) atoms. The highest BCUT2D eigenvalue weighted by atomic mass is 35.5. The van der Waals surface area contributed by atoms with Crippen molar-refractivity contribution in [2.45, 2.75) is 26.0 Å². The molecule has 0 aliphatic carbocycles. The van der Waals surface area contributed by atoms with Crippen LogP contribution in [0, 0.1) is 0 Å². The summed E-state index contributed by atoms with van der Waals surface area (Å²) in [7, 11) is 0. The van der Waals surface area contributed by atoms with Crippen LogP contribution in [0.15, 0.2) is 42.5 Å². The van der Waals surface area contributed by atoms with E-state index in [0.29, 0.717) is 10.0 Å². The third-order valence-electron chi connectivity index (χ3n) is 2.91. The zero-order valence-electron chi connectivity index (χ0n) is 11.4. The number of rotatable bonds is 4. The van der Waals surface area contributed by atoms with Gasteiger partial charge in [-0.2, -0.15) is 0 Å². The van der Waals surface area contributed by atoms with Crippen LogP contribution in [-0.4, -0.2) is 6.10 Å². The molecular formula is C16H17Cl2NO. The molecule has 1 atom stereocenters. The number of hydrogen-bond acceptors (Lipinski definition) is 2. The smallest absolute Gasteiger partial charge is 0.120 e. The lowest BCUT2D eigenvalue weighted by atomic mass is 9.99. The van der Waals surface area contributed by atoms with Crippen LogP contribution in [0.5, 0.6) is 5.75 Å². The van der Waals surface area contributed by atoms with Crippen molar-refractivity contribution in [2.75, 3.05) is 0 Å². The minimum atomic E-state index is -0.336. The maximum Gasteiger partial charge on any atom is 0.120 e. The van der Waals surface area contributed by atoms with Crippen LogP contribution in [-0.2, 0) is 0 Å². The van der Waals surface area contributed by atoms with Gasteiger partial charge in [-0.25, -0.2) is 0 Å². The Kier molecular flexibility index (Phi) is 4.92. The van der Waals surface area contributed by atoms with Gasteiger partial charge < -0.3 is 10.5 Å². The zero-order chi connectivity index (χ0) is 14.7. The van der Waals surface area contributed by atoms with E-state index in [4.69, 9.17) is 33.7 Å². The normalized spacial score (nSPS) is 12.5. The van der Waals surface area contributed by atoms with Crippen molar-refractivity contribution in [1.29, 1.82) is 0 Å². The minimum absolute atomic E-state index is 0.122. The molecule has 0 spiro atoms. The molecule has 0 aromatic heterocycles. The Morgan fingerprint density at radius 3 is 2.45 bits per heavy atom. The van der Waals surface area contributed by atoms with Crippen LogP contribution in [0.4, 0.5) is 0 Å². The lowest BCUT2D eigenvalue weighted by Crippen LogP contribution is -2.13. The fourth-order valence-corrected chi connectivity index (χ4v) is 2.42. The molecule has 1 unspecified atom stereocenters. The molecule has 2 nitrogen and oxygen atoms in total. The van der Waals surface area contributed by atoms with E-state index in [2.05, 4.69) is 0 Å². The van der Waals surface area contributed by atoms with E-state index in [1.165, 1.54) is 0 Å². The lowest BCUT2D eigenvalue weighted by molar-refractivity contribution is 0.242. The first-order valence-corrected chi connectivity index (χ1v) is 7.20. The van der Waals surface area contributed by atoms with Gasteiger partial charge in [0.1, 0.15) is 5.75 Å². The summed E-state index contributed by atoms with van der Waals surface area (Å²) in [5.41, 5.74) is 8.03. The molecule has 0 aliphatic rings. The summed E-state index contributed by atoms with van der Waals surface area (Å²) in [6.07, 6.45) is 0.122. The molecule has 4 heteroatoms. The molecule has 0 bridgehead atoms. The molecule has 0 aliphatic heterocycles. The highest BCUT2D eigenvalue weighted by molar-refractivity contribution is 6.42. The molecule has 0 saturated carbocycles. The average molecular weight is 310 g/mol. The third-order valence-corrected chi connectivity index (χ3v) is 3.74. The Hall–Kier alpha value is -1.22. The van der Waals surface area contributed by atoms with Gasteiger partial charge in [0.25, 0.3) is 0 Å². The number of hydrogen-bond donors (Lipinski definition) is 1. The molecule has 2 N–H and O–H groups in total. The highest BCUT2D eigenvalue weighted by Crippen LogP contribution is 2.32. The Morgan fingerprint density at radius 2 is 1.75 bits per heavy atom. The van der Waals surface area contributed by atoms with E-state index in [0.717, 1.165) is 16.9 Å². The summed E-state index contributed by atoms with van der Waals surface area (Å²) in [4.78, 5) is 0. The second kappa shape index (κ2) is 6.49. The van der Waals surface area contributed by atoms with Crippen molar-refractivity contribution in [3.8, 4) is 5.75 Å². The Morgan fingerprint density at radius 1 is 1.05 bits per heavy atom. The summed E-state index contributed by atoms with van der Waals surface area (Å²) in [5.74, 6) is 0.797. The molecule has 106 valence electrons. The number of ether oxygens (including phenoxy) is 1. The lowest BCUT2D eigenvalue weighted by Gasteiger charge is -2.17. The Balaban J connectivity index is 2.33. The molecule has 0 radical (unpaired) electrons. The van der Waals surface area contributed by atoms with Gasteiger partial charge in [0.15, 0.2) is 0 Å². The first kappa shape index (κ1) is 15.2. The monoisotopic (exact) mass is 309 g/mol. The maximum atomic E-state index is 6.29. The number of benzene rings is 2. The van der Waals surface area contributed by atoms with E-state index >= 15 is 0 Å². The van der Waals surface area contributed by atoms with Crippen molar-refractivity contribution in [3.63, 3.8) is 0 Å². The first-order valence-electron chi connectivity index (χ1n) is 6.45. The number of nitrogens with two attached hydrogens (primary N) is 1. The third kappa shape index (κ3) is 3.45.